The van der Waals surface area contributed by atoms with Gasteiger partial charge in [0.25, 0.3) is 0 Å². The van der Waals surface area contributed by atoms with Crippen molar-refractivity contribution in [2.24, 2.45) is 5.92 Å². The standard InChI is InChI=1S/C16H25FN2/c1-13-10-14(5-6-16(13)17)7-9-19(2)12-15-4-3-8-18-11-15/h5-6,10,15,18H,3-4,7-9,11-12H2,1-2H3. The number of benzene rings is 1. The molecule has 1 aliphatic heterocycles. The fourth-order valence-corrected chi connectivity index (χ4v) is 2.79. The van der Waals surface area contributed by atoms with Gasteiger partial charge in [-0.15, -0.1) is 0 Å². The minimum Gasteiger partial charge on any atom is -0.316 e. The number of halogens is 1. The Morgan fingerprint density at radius 2 is 2.26 bits per heavy atom. The van der Waals surface area contributed by atoms with Crippen LogP contribution in [0.1, 0.15) is 24.0 Å². The average molecular weight is 264 g/mol. The molecule has 1 atom stereocenters. The van der Waals surface area contributed by atoms with Crippen molar-refractivity contribution in [3.63, 3.8) is 0 Å². The molecule has 0 radical (unpaired) electrons. The summed E-state index contributed by atoms with van der Waals surface area (Å²) < 4.78 is 13.2. The van der Waals surface area contributed by atoms with Crippen LogP contribution < -0.4 is 5.32 Å². The molecule has 0 aromatic heterocycles. The fourth-order valence-electron chi connectivity index (χ4n) is 2.79. The van der Waals surface area contributed by atoms with Gasteiger partial charge < -0.3 is 10.2 Å². The minimum absolute atomic E-state index is 0.106. The lowest BCUT2D eigenvalue weighted by atomic mass is 9.99. The molecule has 0 aliphatic carbocycles. The molecule has 19 heavy (non-hydrogen) atoms. The van der Waals surface area contributed by atoms with Crippen LogP contribution in [0.2, 0.25) is 0 Å². The number of nitrogens with zero attached hydrogens (tertiary/aromatic N) is 1. The molecule has 0 amide bonds. The maximum Gasteiger partial charge on any atom is 0.126 e. The van der Waals surface area contributed by atoms with Crippen molar-refractivity contribution in [1.29, 1.82) is 0 Å². The molecule has 1 fully saturated rings. The predicted molar refractivity (Wildman–Crippen MR) is 77.9 cm³/mol. The van der Waals surface area contributed by atoms with Crippen LogP contribution >= 0.6 is 0 Å². The minimum atomic E-state index is -0.106. The van der Waals surface area contributed by atoms with Gasteiger partial charge in [-0.3, -0.25) is 0 Å². The van der Waals surface area contributed by atoms with Gasteiger partial charge in [0.2, 0.25) is 0 Å². The summed E-state index contributed by atoms with van der Waals surface area (Å²) in [4.78, 5) is 2.40. The van der Waals surface area contributed by atoms with Crippen molar-refractivity contribution >= 4 is 0 Å². The van der Waals surface area contributed by atoms with Crippen LogP contribution in [0.15, 0.2) is 18.2 Å². The third-order valence-corrected chi connectivity index (χ3v) is 3.97. The molecule has 2 rings (SSSR count). The van der Waals surface area contributed by atoms with Gasteiger partial charge in [0.15, 0.2) is 0 Å². The molecule has 0 bridgehead atoms. The van der Waals surface area contributed by atoms with Gasteiger partial charge in [0.05, 0.1) is 0 Å². The molecule has 1 heterocycles. The first-order valence-corrected chi connectivity index (χ1v) is 7.29. The summed E-state index contributed by atoms with van der Waals surface area (Å²) in [5, 5.41) is 3.46. The number of likely N-dealkylation sites (N-methyl/N-ethyl adjacent to an activating group) is 1. The fraction of sp³-hybridized carbons (Fsp3) is 0.625. The number of nitrogens with one attached hydrogen (secondary N) is 1. The van der Waals surface area contributed by atoms with E-state index in [-0.39, 0.29) is 5.82 Å². The Morgan fingerprint density at radius 3 is 2.95 bits per heavy atom. The summed E-state index contributed by atoms with van der Waals surface area (Å²) in [6, 6.07) is 5.44. The largest absolute Gasteiger partial charge is 0.316 e. The van der Waals surface area contributed by atoms with E-state index in [1.165, 1.54) is 24.9 Å². The van der Waals surface area contributed by atoms with Gasteiger partial charge in [-0.1, -0.05) is 12.1 Å². The van der Waals surface area contributed by atoms with Crippen LogP contribution in [0.5, 0.6) is 0 Å². The molecule has 1 saturated heterocycles. The molecule has 1 unspecified atom stereocenters. The monoisotopic (exact) mass is 264 g/mol. The Hall–Kier alpha value is -0.930. The number of rotatable bonds is 5. The van der Waals surface area contributed by atoms with E-state index in [1.54, 1.807) is 6.07 Å². The second-order valence-electron chi connectivity index (χ2n) is 5.81. The molecule has 0 spiro atoms. The first-order valence-electron chi connectivity index (χ1n) is 7.29. The summed E-state index contributed by atoms with van der Waals surface area (Å²) in [6.45, 7) is 6.36. The van der Waals surface area contributed by atoms with Crippen molar-refractivity contribution < 1.29 is 4.39 Å². The maximum absolute atomic E-state index is 13.2. The van der Waals surface area contributed by atoms with Crippen LogP contribution in [-0.4, -0.2) is 38.1 Å². The molecule has 2 nitrogen and oxygen atoms in total. The van der Waals surface area contributed by atoms with E-state index >= 15 is 0 Å². The van der Waals surface area contributed by atoms with Crippen LogP contribution in [-0.2, 0) is 6.42 Å². The number of hydrogen-bond acceptors (Lipinski definition) is 2. The van der Waals surface area contributed by atoms with E-state index in [9.17, 15) is 4.39 Å². The van der Waals surface area contributed by atoms with Crippen LogP contribution in [0, 0.1) is 18.7 Å². The van der Waals surface area contributed by atoms with Gasteiger partial charge in [0.1, 0.15) is 5.82 Å². The number of hydrogen-bond donors (Lipinski definition) is 1. The molecular formula is C16H25FN2. The van der Waals surface area contributed by atoms with Gasteiger partial charge in [-0.2, -0.15) is 0 Å². The summed E-state index contributed by atoms with van der Waals surface area (Å²) in [6.07, 6.45) is 3.64. The topological polar surface area (TPSA) is 15.3 Å². The van der Waals surface area contributed by atoms with Gasteiger partial charge in [-0.05, 0) is 69.4 Å². The highest BCUT2D eigenvalue weighted by Crippen LogP contribution is 2.13. The predicted octanol–water partition coefficient (Wildman–Crippen LogP) is 2.61. The first kappa shape index (κ1) is 14.5. The van der Waals surface area contributed by atoms with Gasteiger partial charge >= 0.3 is 0 Å². The number of piperidine rings is 1. The molecular weight excluding hydrogens is 239 g/mol. The number of aryl methyl sites for hydroxylation is 1. The highest BCUT2D eigenvalue weighted by molar-refractivity contribution is 5.24. The summed E-state index contributed by atoms with van der Waals surface area (Å²) in [5.74, 6) is 0.680. The third-order valence-electron chi connectivity index (χ3n) is 3.97. The van der Waals surface area contributed by atoms with Crippen LogP contribution in [0.25, 0.3) is 0 Å². The molecule has 1 N–H and O–H groups in total. The van der Waals surface area contributed by atoms with E-state index in [1.807, 2.05) is 19.1 Å². The van der Waals surface area contributed by atoms with Crippen molar-refractivity contribution in [3.05, 3.63) is 35.1 Å². The quantitative estimate of drug-likeness (QED) is 0.879. The van der Waals surface area contributed by atoms with E-state index in [0.29, 0.717) is 0 Å². The van der Waals surface area contributed by atoms with Crippen molar-refractivity contribution in [2.75, 3.05) is 33.2 Å². The van der Waals surface area contributed by atoms with E-state index in [4.69, 9.17) is 0 Å². The molecule has 1 aliphatic rings. The molecule has 106 valence electrons. The average Bonchev–Trinajstić information content (AvgIpc) is 2.41. The Balaban J connectivity index is 1.75. The maximum atomic E-state index is 13.2. The zero-order valence-electron chi connectivity index (χ0n) is 12.1. The first-order chi connectivity index (χ1) is 9.15. The molecule has 3 heteroatoms. The highest BCUT2D eigenvalue weighted by Gasteiger charge is 2.14. The van der Waals surface area contributed by atoms with E-state index < -0.39 is 0 Å². The zero-order chi connectivity index (χ0) is 13.7. The zero-order valence-corrected chi connectivity index (χ0v) is 12.1. The Kier molecular flexibility index (Phi) is 5.34. The molecule has 1 aromatic rings. The van der Waals surface area contributed by atoms with Crippen LogP contribution in [0.4, 0.5) is 4.39 Å². The van der Waals surface area contributed by atoms with E-state index in [0.717, 1.165) is 37.5 Å². The third kappa shape index (κ3) is 4.59. The van der Waals surface area contributed by atoms with Gasteiger partial charge in [0, 0.05) is 13.1 Å². The summed E-state index contributed by atoms with van der Waals surface area (Å²) >= 11 is 0. The smallest absolute Gasteiger partial charge is 0.126 e. The van der Waals surface area contributed by atoms with Gasteiger partial charge in [-0.25, -0.2) is 4.39 Å². The lowest BCUT2D eigenvalue weighted by Gasteiger charge is -2.27. The Labute approximate surface area is 116 Å². The Morgan fingerprint density at radius 1 is 1.42 bits per heavy atom. The van der Waals surface area contributed by atoms with Crippen molar-refractivity contribution in [3.8, 4) is 0 Å². The summed E-state index contributed by atoms with van der Waals surface area (Å²) in [7, 11) is 2.19. The lowest BCUT2D eigenvalue weighted by Crippen LogP contribution is -2.37. The summed E-state index contributed by atoms with van der Waals surface area (Å²) in [5.41, 5.74) is 1.98. The highest BCUT2D eigenvalue weighted by atomic mass is 19.1. The Bertz CT molecular complexity index is 400. The van der Waals surface area contributed by atoms with E-state index in [2.05, 4.69) is 17.3 Å². The normalized spacial score (nSPS) is 19.9. The molecule has 1 aromatic carbocycles. The second kappa shape index (κ2) is 7.01. The van der Waals surface area contributed by atoms with Crippen molar-refractivity contribution in [2.45, 2.75) is 26.2 Å². The SMILES string of the molecule is Cc1cc(CCN(C)CC2CCCNC2)ccc1F. The lowest BCUT2D eigenvalue weighted by molar-refractivity contribution is 0.245. The molecule has 0 saturated carbocycles. The second-order valence-corrected chi connectivity index (χ2v) is 5.81. The van der Waals surface area contributed by atoms with Crippen molar-refractivity contribution in [1.82, 2.24) is 10.2 Å². The van der Waals surface area contributed by atoms with Crippen LogP contribution in [0.3, 0.4) is 0 Å².